The number of amides is 1. The van der Waals surface area contributed by atoms with Gasteiger partial charge < -0.3 is 4.90 Å². The van der Waals surface area contributed by atoms with Gasteiger partial charge in [-0.1, -0.05) is 37.3 Å². The summed E-state index contributed by atoms with van der Waals surface area (Å²) in [7, 11) is 0. The Balaban J connectivity index is 1.31. The van der Waals surface area contributed by atoms with Gasteiger partial charge in [0.05, 0.1) is 5.56 Å². The van der Waals surface area contributed by atoms with Crippen LogP contribution in [0.5, 0.6) is 0 Å². The van der Waals surface area contributed by atoms with Crippen LogP contribution >= 0.6 is 0 Å². The number of carbonyl (C=O) groups is 1. The number of piperidine rings is 1. The zero-order valence-corrected chi connectivity index (χ0v) is 19.3. The quantitative estimate of drug-likeness (QED) is 0.494. The van der Waals surface area contributed by atoms with E-state index in [1.807, 2.05) is 11.0 Å². The minimum atomic E-state index is -4.30. The molecule has 33 heavy (non-hydrogen) atoms. The Hall–Kier alpha value is -2.30. The molecule has 0 bridgehead atoms. The number of aryl methyl sites for hydroxylation is 2. The van der Waals surface area contributed by atoms with Gasteiger partial charge in [0.2, 0.25) is 5.91 Å². The van der Waals surface area contributed by atoms with Crippen LogP contribution in [0.4, 0.5) is 13.2 Å². The first-order valence-electron chi connectivity index (χ1n) is 12.4. The van der Waals surface area contributed by atoms with Gasteiger partial charge in [-0.15, -0.1) is 0 Å². The number of halogens is 3. The van der Waals surface area contributed by atoms with Gasteiger partial charge in [-0.05, 0) is 97.1 Å². The number of carbonyl (C=O) groups excluding carboxylic acids is 1. The third kappa shape index (κ3) is 4.56. The third-order valence-corrected chi connectivity index (χ3v) is 7.92. The standard InChI is InChI=1S/C28H32F3NO/c1-2-19-16-18(17-23-10-7-21-4-3-5-25(26(21)23)28(29,30)31)6-11-24(19)20-12-14-32(15-13-20)27(33)22-8-9-22/h3-6,11,16,20,22-23H,2,7-10,12-15,17H2,1H3. The first-order valence-corrected chi connectivity index (χ1v) is 12.4. The summed E-state index contributed by atoms with van der Waals surface area (Å²) in [6, 6.07) is 11.2. The molecule has 0 N–H and O–H groups in total. The fraction of sp³-hybridized carbons (Fsp3) is 0.536. The van der Waals surface area contributed by atoms with Crippen molar-refractivity contribution in [3.05, 3.63) is 69.8 Å². The fourth-order valence-electron chi connectivity index (χ4n) is 6.01. The molecule has 1 unspecified atom stereocenters. The lowest BCUT2D eigenvalue weighted by molar-refractivity contribution is -0.138. The summed E-state index contributed by atoms with van der Waals surface area (Å²) < 4.78 is 40.9. The average Bonchev–Trinajstić information content (AvgIpc) is 3.59. The largest absolute Gasteiger partial charge is 0.416 e. The van der Waals surface area contributed by atoms with Gasteiger partial charge in [-0.3, -0.25) is 4.79 Å². The topological polar surface area (TPSA) is 20.3 Å². The summed E-state index contributed by atoms with van der Waals surface area (Å²) in [4.78, 5) is 14.4. The van der Waals surface area contributed by atoms with Crippen molar-refractivity contribution >= 4 is 5.91 Å². The molecule has 0 radical (unpaired) electrons. The van der Waals surface area contributed by atoms with E-state index in [9.17, 15) is 18.0 Å². The Morgan fingerprint density at radius 2 is 1.79 bits per heavy atom. The first kappa shape index (κ1) is 22.5. The van der Waals surface area contributed by atoms with Crippen molar-refractivity contribution in [2.75, 3.05) is 13.1 Å². The molecule has 2 aliphatic carbocycles. The Morgan fingerprint density at radius 3 is 2.45 bits per heavy atom. The number of rotatable bonds is 5. The molecule has 5 heteroatoms. The lowest BCUT2D eigenvalue weighted by Crippen LogP contribution is -2.38. The Labute approximate surface area is 194 Å². The highest BCUT2D eigenvalue weighted by atomic mass is 19.4. The molecule has 5 rings (SSSR count). The molecule has 1 amide bonds. The highest BCUT2D eigenvalue weighted by Gasteiger charge is 2.38. The Morgan fingerprint density at radius 1 is 1.03 bits per heavy atom. The van der Waals surface area contributed by atoms with Crippen molar-refractivity contribution in [1.29, 1.82) is 0 Å². The third-order valence-electron chi connectivity index (χ3n) is 7.92. The SMILES string of the molecule is CCc1cc(CC2CCc3cccc(C(F)(F)F)c32)ccc1C1CCN(C(=O)C2CC2)CC1. The molecule has 0 aromatic heterocycles. The van der Waals surface area contributed by atoms with E-state index in [1.54, 1.807) is 0 Å². The molecule has 1 saturated carbocycles. The number of alkyl halides is 3. The van der Waals surface area contributed by atoms with Gasteiger partial charge >= 0.3 is 6.18 Å². The number of hydrogen-bond acceptors (Lipinski definition) is 1. The smallest absolute Gasteiger partial charge is 0.342 e. The lowest BCUT2D eigenvalue weighted by Gasteiger charge is -2.33. The Kier molecular flexibility index (Phi) is 6.00. The second-order valence-electron chi connectivity index (χ2n) is 10.1. The fourth-order valence-corrected chi connectivity index (χ4v) is 6.01. The van der Waals surface area contributed by atoms with Crippen LogP contribution in [-0.4, -0.2) is 23.9 Å². The van der Waals surface area contributed by atoms with E-state index in [2.05, 4.69) is 25.1 Å². The van der Waals surface area contributed by atoms with Crippen molar-refractivity contribution in [1.82, 2.24) is 4.90 Å². The van der Waals surface area contributed by atoms with Gasteiger partial charge in [-0.2, -0.15) is 13.2 Å². The van der Waals surface area contributed by atoms with Crippen LogP contribution in [0.3, 0.4) is 0 Å². The van der Waals surface area contributed by atoms with Gasteiger partial charge in [0.25, 0.3) is 0 Å². The number of hydrogen-bond donors (Lipinski definition) is 0. The van der Waals surface area contributed by atoms with E-state index >= 15 is 0 Å². The second-order valence-corrected chi connectivity index (χ2v) is 10.1. The summed E-state index contributed by atoms with van der Waals surface area (Å²) >= 11 is 0. The molecule has 2 nitrogen and oxygen atoms in total. The van der Waals surface area contributed by atoms with Crippen molar-refractivity contribution in [2.24, 2.45) is 5.92 Å². The van der Waals surface area contributed by atoms with Crippen LogP contribution in [0.1, 0.15) is 84.2 Å². The molecular formula is C28H32F3NO. The maximum atomic E-state index is 13.6. The number of nitrogens with zero attached hydrogens (tertiary/aromatic N) is 1. The number of likely N-dealkylation sites (tertiary alicyclic amines) is 1. The summed E-state index contributed by atoms with van der Waals surface area (Å²) in [6.45, 7) is 3.83. The van der Waals surface area contributed by atoms with E-state index in [0.29, 0.717) is 23.8 Å². The summed E-state index contributed by atoms with van der Waals surface area (Å²) in [5.74, 6) is 1.01. The summed E-state index contributed by atoms with van der Waals surface area (Å²) in [6.07, 6.45) is 2.86. The van der Waals surface area contributed by atoms with Gasteiger partial charge in [0, 0.05) is 19.0 Å². The average molecular weight is 456 g/mol. The first-order chi connectivity index (χ1) is 15.8. The van der Waals surface area contributed by atoms with E-state index in [0.717, 1.165) is 69.2 Å². The molecule has 2 fully saturated rings. The molecule has 0 spiro atoms. The maximum Gasteiger partial charge on any atom is 0.416 e. The van der Waals surface area contributed by atoms with E-state index in [4.69, 9.17) is 0 Å². The molecule has 1 heterocycles. The van der Waals surface area contributed by atoms with Crippen molar-refractivity contribution < 1.29 is 18.0 Å². The second kappa shape index (κ2) is 8.81. The normalized spacial score (nSPS) is 21.3. The van der Waals surface area contributed by atoms with Crippen LogP contribution in [0, 0.1) is 5.92 Å². The highest BCUT2D eigenvalue weighted by Crippen LogP contribution is 2.44. The monoisotopic (exact) mass is 455 g/mol. The minimum absolute atomic E-state index is 0.0787. The molecular weight excluding hydrogens is 423 g/mol. The molecule has 2 aromatic carbocycles. The molecule has 2 aromatic rings. The van der Waals surface area contributed by atoms with Crippen LogP contribution in [0.2, 0.25) is 0 Å². The van der Waals surface area contributed by atoms with Crippen molar-refractivity contribution in [3.8, 4) is 0 Å². The molecule has 3 aliphatic rings. The number of fused-ring (bicyclic) bond motifs is 1. The lowest BCUT2D eigenvalue weighted by atomic mass is 9.83. The van der Waals surface area contributed by atoms with Gasteiger partial charge in [0.15, 0.2) is 0 Å². The predicted octanol–water partition coefficient (Wildman–Crippen LogP) is 6.66. The van der Waals surface area contributed by atoms with Crippen molar-refractivity contribution in [3.63, 3.8) is 0 Å². The molecule has 176 valence electrons. The van der Waals surface area contributed by atoms with Crippen LogP contribution in [-0.2, 0) is 30.2 Å². The maximum absolute atomic E-state index is 13.6. The molecule has 1 saturated heterocycles. The zero-order chi connectivity index (χ0) is 23.2. The van der Waals surface area contributed by atoms with Crippen LogP contribution in [0.25, 0.3) is 0 Å². The van der Waals surface area contributed by atoms with Crippen LogP contribution < -0.4 is 0 Å². The minimum Gasteiger partial charge on any atom is -0.342 e. The zero-order valence-electron chi connectivity index (χ0n) is 19.3. The van der Waals surface area contributed by atoms with Crippen LogP contribution in [0.15, 0.2) is 36.4 Å². The Bertz CT molecular complexity index is 1030. The van der Waals surface area contributed by atoms with Gasteiger partial charge in [0.1, 0.15) is 0 Å². The van der Waals surface area contributed by atoms with E-state index in [1.165, 1.54) is 23.3 Å². The van der Waals surface area contributed by atoms with E-state index < -0.39 is 11.7 Å². The predicted molar refractivity (Wildman–Crippen MR) is 123 cm³/mol. The van der Waals surface area contributed by atoms with E-state index in [-0.39, 0.29) is 11.8 Å². The van der Waals surface area contributed by atoms with Crippen molar-refractivity contribution in [2.45, 2.75) is 76.3 Å². The van der Waals surface area contributed by atoms with Gasteiger partial charge in [-0.25, -0.2) is 0 Å². The summed E-state index contributed by atoms with van der Waals surface area (Å²) in [5, 5.41) is 0. The molecule has 1 aliphatic heterocycles. The highest BCUT2D eigenvalue weighted by molar-refractivity contribution is 5.81. The number of benzene rings is 2. The molecule has 1 atom stereocenters. The summed E-state index contributed by atoms with van der Waals surface area (Å²) in [5.41, 5.74) is 4.72.